The Bertz CT molecular complexity index is 1400. The van der Waals surface area contributed by atoms with Crippen molar-refractivity contribution in [3.8, 4) is 5.88 Å². The van der Waals surface area contributed by atoms with Crippen LogP contribution in [-0.2, 0) is 0 Å². The minimum absolute atomic E-state index is 0.198. The Kier molecular flexibility index (Phi) is 5.23. The Hall–Kier alpha value is -4.60. The predicted octanol–water partition coefficient (Wildman–Crippen LogP) is 3.63. The van der Waals surface area contributed by atoms with Crippen LogP contribution in [-0.4, -0.2) is 38.8 Å². The predicted molar refractivity (Wildman–Crippen MR) is 121 cm³/mol. The second-order valence-electron chi connectivity index (χ2n) is 7.11. The molecule has 4 aromatic rings. The van der Waals surface area contributed by atoms with E-state index >= 15 is 0 Å². The van der Waals surface area contributed by atoms with E-state index in [1.807, 2.05) is 11.1 Å². The Labute approximate surface area is 187 Å². The number of hydrogen-bond acceptors (Lipinski definition) is 7. The Morgan fingerprint density at radius 2 is 2.03 bits per heavy atom. The highest BCUT2D eigenvalue weighted by Gasteiger charge is 2.22. The first-order valence-electron chi connectivity index (χ1n) is 10.0. The summed E-state index contributed by atoms with van der Waals surface area (Å²) in [4.78, 5) is 27.8. The van der Waals surface area contributed by atoms with Gasteiger partial charge in [0.15, 0.2) is 11.8 Å². The number of benzene rings is 1. The van der Waals surface area contributed by atoms with E-state index in [-0.39, 0.29) is 11.5 Å². The van der Waals surface area contributed by atoms with Crippen LogP contribution in [0.15, 0.2) is 78.2 Å². The summed E-state index contributed by atoms with van der Waals surface area (Å²) in [5.41, 5.74) is 1.73. The fraction of sp³-hybridized carbons (Fsp3) is 0.0870. The molecule has 0 saturated heterocycles. The van der Waals surface area contributed by atoms with Gasteiger partial charge in [0.1, 0.15) is 23.0 Å². The zero-order valence-corrected chi connectivity index (χ0v) is 17.5. The number of aromatic nitrogens is 4. The number of amides is 1. The smallest absolute Gasteiger partial charge is 0.274 e. The number of methoxy groups -OCH3 is 1. The average molecular weight is 443 g/mol. The average Bonchev–Trinajstić information content (AvgIpc) is 3.26. The van der Waals surface area contributed by atoms with Gasteiger partial charge in [0.2, 0.25) is 5.88 Å². The molecule has 1 aliphatic rings. The van der Waals surface area contributed by atoms with Crippen LogP contribution in [0.1, 0.15) is 22.2 Å². The summed E-state index contributed by atoms with van der Waals surface area (Å²) in [5.74, 6) is 0.132. The number of rotatable bonds is 5. The van der Waals surface area contributed by atoms with Gasteiger partial charge in [0.25, 0.3) is 5.91 Å². The lowest BCUT2D eigenvalue weighted by Crippen LogP contribution is -2.25. The molecule has 1 N–H and O–H groups in total. The van der Waals surface area contributed by atoms with Crippen molar-refractivity contribution in [1.82, 2.24) is 19.6 Å². The van der Waals surface area contributed by atoms with Crippen LogP contribution in [0, 0.1) is 5.82 Å². The minimum Gasteiger partial charge on any atom is -0.481 e. The SMILES string of the molecule is COc1cccc(C(=O)Nc2cnn3ccc(N4C=CC=NC4c4cccc(F)c4)nc23)n1. The Morgan fingerprint density at radius 3 is 2.88 bits per heavy atom. The summed E-state index contributed by atoms with van der Waals surface area (Å²) in [7, 11) is 1.48. The van der Waals surface area contributed by atoms with Crippen LogP contribution < -0.4 is 15.0 Å². The summed E-state index contributed by atoms with van der Waals surface area (Å²) < 4.78 is 20.4. The molecule has 9 nitrogen and oxygen atoms in total. The first-order chi connectivity index (χ1) is 16.1. The number of carbonyl (C=O) groups excluding carboxylic acids is 1. The van der Waals surface area contributed by atoms with Crippen molar-refractivity contribution in [2.75, 3.05) is 17.3 Å². The second-order valence-corrected chi connectivity index (χ2v) is 7.11. The summed E-state index contributed by atoms with van der Waals surface area (Å²) in [5, 5.41) is 7.05. The van der Waals surface area contributed by atoms with Crippen molar-refractivity contribution in [2.45, 2.75) is 6.17 Å². The maximum Gasteiger partial charge on any atom is 0.274 e. The summed E-state index contributed by atoms with van der Waals surface area (Å²) in [6, 6.07) is 13.0. The van der Waals surface area contributed by atoms with Crippen LogP contribution >= 0.6 is 0 Å². The van der Waals surface area contributed by atoms with E-state index in [1.165, 1.54) is 25.4 Å². The normalized spacial score (nSPS) is 15.1. The summed E-state index contributed by atoms with van der Waals surface area (Å²) >= 11 is 0. The largest absolute Gasteiger partial charge is 0.481 e. The highest BCUT2D eigenvalue weighted by atomic mass is 19.1. The van der Waals surface area contributed by atoms with E-state index in [4.69, 9.17) is 4.74 Å². The molecule has 1 unspecified atom stereocenters. The van der Waals surface area contributed by atoms with Crippen LogP contribution in [0.25, 0.3) is 5.65 Å². The molecule has 1 aliphatic heterocycles. The fourth-order valence-corrected chi connectivity index (χ4v) is 3.46. The number of carbonyl (C=O) groups is 1. The van der Waals surface area contributed by atoms with E-state index in [0.717, 1.165) is 0 Å². The number of ether oxygens (including phenoxy) is 1. The lowest BCUT2D eigenvalue weighted by Gasteiger charge is -2.29. The number of allylic oxidation sites excluding steroid dienone is 1. The number of nitrogens with one attached hydrogen (secondary N) is 1. The molecule has 0 spiro atoms. The van der Waals surface area contributed by atoms with Crippen molar-refractivity contribution in [2.24, 2.45) is 4.99 Å². The third-order valence-electron chi connectivity index (χ3n) is 5.00. The van der Waals surface area contributed by atoms with E-state index in [9.17, 15) is 9.18 Å². The van der Waals surface area contributed by atoms with Gasteiger partial charge in [0.05, 0.1) is 13.3 Å². The first kappa shape index (κ1) is 20.3. The number of nitrogens with zero attached hydrogens (tertiary/aromatic N) is 6. The molecule has 1 aromatic carbocycles. The van der Waals surface area contributed by atoms with Crippen molar-refractivity contribution in [1.29, 1.82) is 0 Å². The summed E-state index contributed by atoms with van der Waals surface area (Å²) in [6.07, 6.45) is 8.01. The van der Waals surface area contributed by atoms with Crippen LogP contribution in [0.4, 0.5) is 15.9 Å². The van der Waals surface area contributed by atoms with Crippen LogP contribution in [0.2, 0.25) is 0 Å². The quantitative estimate of drug-likeness (QED) is 0.506. The maximum absolute atomic E-state index is 13.8. The number of aliphatic imine (C=N–C) groups is 1. The van der Waals surface area contributed by atoms with Crippen molar-refractivity contribution >= 4 is 29.3 Å². The molecule has 5 rings (SSSR count). The van der Waals surface area contributed by atoms with Crippen molar-refractivity contribution in [3.63, 3.8) is 0 Å². The lowest BCUT2D eigenvalue weighted by atomic mass is 10.1. The zero-order valence-electron chi connectivity index (χ0n) is 17.5. The molecule has 4 heterocycles. The van der Waals surface area contributed by atoms with E-state index in [0.29, 0.717) is 28.6 Å². The van der Waals surface area contributed by atoms with Gasteiger partial charge in [0, 0.05) is 24.7 Å². The Balaban J connectivity index is 1.47. The standard InChI is InChI=1S/C23H18FN7O2/c1-33-20-8-3-7-17(27-20)23(32)28-18-14-26-31-12-9-19(29-22(18)31)30-11-4-10-25-21(30)15-5-2-6-16(24)13-15/h2-14,21H,1H3,(H,28,32). The van der Waals surface area contributed by atoms with Gasteiger partial charge < -0.3 is 15.0 Å². The molecule has 3 aromatic heterocycles. The molecule has 0 bridgehead atoms. The van der Waals surface area contributed by atoms with Gasteiger partial charge in [-0.2, -0.15) is 5.10 Å². The number of anilines is 2. The summed E-state index contributed by atoms with van der Waals surface area (Å²) in [6.45, 7) is 0. The number of halogens is 1. The third-order valence-corrected chi connectivity index (χ3v) is 5.00. The van der Waals surface area contributed by atoms with Crippen molar-refractivity contribution in [3.05, 3.63) is 90.3 Å². The molecular weight excluding hydrogens is 425 g/mol. The first-order valence-corrected chi connectivity index (χ1v) is 10.0. The molecule has 1 amide bonds. The monoisotopic (exact) mass is 443 g/mol. The van der Waals surface area contributed by atoms with Crippen molar-refractivity contribution < 1.29 is 13.9 Å². The molecule has 164 valence electrons. The third kappa shape index (κ3) is 4.01. The van der Waals surface area contributed by atoms with Gasteiger partial charge in [-0.05, 0) is 35.9 Å². The molecule has 0 fully saturated rings. The van der Waals surface area contributed by atoms with E-state index < -0.39 is 12.1 Å². The van der Waals surface area contributed by atoms with Gasteiger partial charge in [-0.3, -0.25) is 9.79 Å². The van der Waals surface area contributed by atoms with Gasteiger partial charge in [-0.25, -0.2) is 18.9 Å². The topological polar surface area (TPSA) is 97.0 Å². The molecule has 0 saturated carbocycles. The second kappa shape index (κ2) is 8.50. The van der Waals surface area contributed by atoms with Crippen LogP contribution in [0.3, 0.4) is 0 Å². The highest BCUT2D eigenvalue weighted by Crippen LogP contribution is 2.30. The molecule has 0 radical (unpaired) electrons. The lowest BCUT2D eigenvalue weighted by molar-refractivity contribution is 0.102. The Morgan fingerprint density at radius 1 is 1.15 bits per heavy atom. The molecular formula is C23H18FN7O2. The van der Waals surface area contributed by atoms with Gasteiger partial charge >= 0.3 is 0 Å². The zero-order chi connectivity index (χ0) is 22.8. The van der Waals surface area contributed by atoms with Gasteiger partial charge in [-0.15, -0.1) is 0 Å². The molecule has 10 heteroatoms. The number of fused-ring (bicyclic) bond motifs is 1. The molecule has 1 atom stereocenters. The highest BCUT2D eigenvalue weighted by molar-refractivity contribution is 6.04. The minimum atomic E-state index is -0.484. The molecule has 0 aliphatic carbocycles. The molecule has 33 heavy (non-hydrogen) atoms. The number of pyridine rings is 1. The van der Waals surface area contributed by atoms with E-state index in [1.54, 1.807) is 59.4 Å². The maximum atomic E-state index is 13.8. The van der Waals surface area contributed by atoms with Crippen LogP contribution in [0.5, 0.6) is 5.88 Å². The van der Waals surface area contributed by atoms with E-state index in [2.05, 4.69) is 25.4 Å². The van der Waals surface area contributed by atoms with Gasteiger partial charge in [-0.1, -0.05) is 18.2 Å². The number of hydrogen-bond donors (Lipinski definition) is 1. The fourth-order valence-electron chi connectivity index (χ4n) is 3.46.